The lowest BCUT2D eigenvalue weighted by molar-refractivity contribution is -0.154. The highest BCUT2D eigenvalue weighted by molar-refractivity contribution is 5.88. The molecule has 2 aliphatic rings. The van der Waals surface area contributed by atoms with E-state index in [2.05, 4.69) is 0 Å². The van der Waals surface area contributed by atoms with Crippen molar-refractivity contribution < 1.29 is 24.2 Å². The van der Waals surface area contributed by atoms with Crippen LogP contribution in [-0.2, 0) is 19.1 Å². The molecule has 0 bridgehead atoms. The van der Waals surface area contributed by atoms with Gasteiger partial charge >= 0.3 is 11.9 Å². The predicted molar refractivity (Wildman–Crippen MR) is 74.4 cm³/mol. The Morgan fingerprint density at radius 3 is 2.33 bits per heavy atom. The number of carboxylic acid groups (broad SMARTS) is 1. The largest absolute Gasteiger partial charge is 0.481 e. The van der Waals surface area contributed by atoms with Crippen LogP contribution in [0.2, 0.25) is 0 Å². The number of carboxylic acids is 1. The lowest BCUT2D eigenvalue weighted by atomic mass is 9.82. The third kappa shape index (κ3) is 3.83. The lowest BCUT2D eigenvalue weighted by Crippen LogP contribution is -2.45. The molecule has 116 valence electrons. The highest BCUT2D eigenvalue weighted by atomic mass is 16.5. The first-order chi connectivity index (χ1) is 10.0. The Balaban J connectivity index is 2.08. The number of hydrogen-bond donors (Lipinski definition) is 1. The second-order valence-corrected chi connectivity index (χ2v) is 5.50. The maximum absolute atomic E-state index is 12.7. The molecule has 1 fully saturated rings. The lowest BCUT2D eigenvalue weighted by Gasteiger charge is -2.30. The van der Waals surface area contributed by atoms with Crippen LogP contribution in [0.3, 0.4) is 0 Å². The maximum Gasteiger partial charge on any atom is 0.325 e. The zero-order valence-corrected chi connectivity index (χ0v) is 12.2. The van der Waals surface area contributed by atoms with E-state index in [0.717, 1.165) is 12.8 Å². The fourth-order valence-corrected chi connectivity index (χ4v) is 2.69. The van der Waals surface area contributed by atoms with E-state index in [1.54, 1.807) is 13.0 Å². The van der Waals surface area contributed by atoms with Crippen molar-refractivity contribution in [3.05, 3.63) is 12.2 Å². The number of aliphatic carboxylic acids is 1. The molecule has 1 N–H and O–H groups in total. The van der Waals surface area contributed by atoms with Gasteiger partial charge < -0.3 is 14.7 Å². The molecule has 1 amide bonds. The summed E-state index contributed by atoms with van der Waals surface area (Å²) in [4.78, 5) is 37.1. The smallest absolute Gasteiger partial charge is 0.325 e. The van der Waals surface area contributed by atoms with E-state index in [1.807, 2.05) is 6.08 Å². The SMILES string of the molecule is CCOC(=O)CN(C(=O)[C@@H]1CC=CC[C@@H]1C(=O)O)C1CC1. The number of allylic oxidation sites excluding steroid dienone is 2. The van der Waals surface area contributed by atoms with Gasteiger partial charge in [0.2, 0.25) is 5.91 Å². The summed E-state index contributed by atoms with van der Waals surface area (Å²) in [6.07, 6.45) is 6.16. The Morgan fingerprint density at radius 1 is 1.19 bits per heavy atom. The maximum atomic E-state index is 12.7. The Hall–Kier alpha value is -1.85. The number of amides is 1. The van der Waals surface area contributed by atoms with Crippen molar-refractivity contribution in [1.29, 1.82) is 0 Å². The third-order valence-corrected chi connectivity index (χ3v) is 3.94. The topological polar surface area (TPSA) is 83.9 Å². The van der Waals surface area contributed by atoms with E-state index >= 15 is 0 Å². The molecule has 2 atom stereocenters. The molecule has 0 saturated heterocycles. The van der Waals surface area contributed by atoms with Gasteiger partial charge in [0.15, 0.2) is 0 Å². The molecule has 2 aliphatic carbocycles. The van der Waals surface area contributed by atoms with E-state index in [-0.39, 0.29) is 25.1 Å². The summed E-state index contributed by atoms with van der Waals surface area (Å²) in [7, 11) is 0. The van der Waals surface area contributed by atoms with E-state index in [4.69, 9.17) is 4.74 Å². The van der Waals surface area contributed by atoms with Gasteiger partial charge in [-0.05, 0) is 32.6 Å². The summed E-state index contributed by atoms with van der Waals surface area (Å²) in [6, 6.07) is 0.0576. The number of esters is 1. The van der Waals surface area contributed by atoms with Crippen LogP contribution >= 0.6 is 0 Å². The van der Waals surface area contributed by atoms with Crippen LogP contribution in [0.25, 0.3) is 0 Å². The van der Waals surface area contributed by atoms with Crippen LogP contribution < -0.4 is 0 Å². The van der Waals surface area contributed by atoms with Crippen LogP contribution in [-0.4, -0.2) is 47.0 Å². The molecule has 0 heterocycles. The predicted octanol–water partition coefficient (Wildman–Crippen LogP) is 1.21. The van der Waals surface area contributed by atoms with Crippen molar-refractivity contribution in [3.63, 3.8) is 0 Å². The average Bonchev–Trinajstić information content (AvgIpc) is 3.29. The molecule has 0 radical (unpaired) electrons. The number of carbonyl (C=O) groups is 3. The number of hydrogen-bond acceptors (Lipinski definition) is 4. The standard InChI is InChI=1S/C15H21NO5/c1-2-21-13(17)9-16(10-7-8-10)14(18)11-5-3-4-6-12(11)15(19)20/h3-4,10-12H,2,5-9H2,1H3,(H,19,20)/t11-,12+/m1/s1. The van der Waals surface area contributed by atoms with Gasteiger partial charge in [-0.15, -0.1) is 0 Å². The summed E-state index contributed by atoms with van der Waals surface area (Å²) in [5.74, 6) is -2.91. The quantitative estimate of drug-likeness (QED) is 0.588. The Kier molecular flexibility index (Phi) is 4.98. The molecular formula is C15H21NO5. The van der Waals surface area contributed by atoms with Crippen molar-refractivity contribution in [2.45, 2.75) is 38.6 Å². The third-order valence-electron chi connectivity index (χ3n) is 3.94. The molecule has 2 rings (SSSR count). The van der Waals surface area contributed by atoms with Gasteiger partial charge in [-0.25, -0.2) is 0 Å². The molecule has 0 aromatic rings. The fraction of sp³-hybridized carbons (Fsp3) is 0.667. The number of rotatable bonds is 6. The monoisotopic (exact) mass is 295 g/mol. The van der Waals surface area contributed by atoms with Crippen LogP contribution in [0.4, 0.5) is 0 Å². The van der Waals surface area contributed by atoms with Crippen LogP contribution in [0.15, 0.2) is 12.2 Å². The van der Waals surface area contributed by atoms with Gasteiger partial charge in [-0.2, -0.15) is 0 Å². The van der Waals surface area contributed by atoms with E-state index in [0.29, 0.717) is 12.8 Å². The van der Waals surface area contributed by atoms with Crippen molar-refractivity contribution >= 4 is 17.8 Å². The average molecular weight is 295 g/mol. The van der Waals surface area contributed by atoms with Gasteiger partial charge in [0.05, 0.1) is 18.4 Å². The molecule has 6 heteroatoms. The molecule has 0 aromatic heterocycles. The summed E-state index contributed by atoms with van der Waals surface area (Å²) < 4.78 is 4.90. The molecule has 0 spiro atoms. The minimum Gasteiger partial charge on any atom is -0.481 e. The van der Waals surface area contributed by atoms with Crippen molar-refractivity contribution in [2.75, 3.05) is 13.2 Å². The minimum atomic E-state index is -0.954. The molecule has 0 aromatic carbocycles. The molecule has 0 aliphatic heterocycles. The minimum absolute atomic E-state index is 0.0576. The Bertz CT molecular complexity index is 455. The van der Waals surface area contributed by atoms with Crippen LogP contribution in [0, 0.1) is 11.8 Å². The Labute approximate surface area is 123 Å². The van der Waals surface area contributed by atoms with Gasteiger partial charge in [0, 0.05) is 6.04 Å². The second kappa shape index (κ2) is 6.74. The summed E-state index contributed by atoms with van der Waals surface area (Å²) in [6.45, 7) is 1.91. The fourth-order valence-electron chi connectivity index (χ4n) is 2.69. The molecule has 6 nitrogen and oxygen atoms in total. The van der Waals surface area contributed by atoms with Crippen LogP contribution in [0.5, 0.6) is 0 Å². The highest BCUT2D eigenvalue weighted by Crippen LogP contribution is 2.33. The molecule has 1 saturated carbocycles. The first kappa shape index (κ1) is 15.5. The van der Waals surface area contributed by atoms with Crippen molar-refractivity contribution in [3.8, 4) is 0 Å². The van der Waals surface area contributed by atoms with Gasteiger partial charge in [-0.3, -0.25) is 14.4 Å². The normalized spacial score (nSPS) is 24.4. The first-order valence-electron chi connectivity index (χ1n) is 7.38. The summed E-state index contributed by atoms with van der Waals surface area (Å²) >= 11 is 0. The highest BCUT2D eigenvalue weighted by Gasteiger charge is 2.41. The van der Waals surface area contributed by atoms with Crippen molar-refractivity contribution in [2.24, 2.45) is 11.8 Å². The van der Waals surface area contributed by atoms with Gasteiger partial charge in [0.1, 0.15) is 6.54 Å². The second-order valence-electron chi connectivity index (χ2n) is 5.50. The summed E-state index contributed by atoms with van der Waals surface area (Å²) in [5.41, 5.74) is 0. The van der Waals surface area contributed by atoms with E-state index < -0.39 is 23.8 Å². The zero-order chi connectivity index (χ0) is 15.4. The number of ether oxygens (including phenoxy) is 1. The van der Waals surface area contributed by atoms with Gasteiger partial charge in [-0.1, -0.05) is 12.2 Å². The molecular weight excluding hydrogens is 274 g/mol. The first-order valence-corrected chi connectivity index (χ1v) is 7.38. The molecule has 21 heavy (non-hydrogen) atoms. The number of carbonyl (C=O) groups excluding carboxylic acids is 2. The van der Waals surface area contributed by atoms with E-state index in [1.165, 1.54) is 4.90 Å². The summed E-state index contributed by atoms with van der Waals surface area (Å²) in [5, 5.41) is 9.26. The van der Waals surface area contributed by atoms with Crippen LogP contribution in [0.1, 0.15) is 32.6 Å². The zero-order valence-electron chi connectivity index (χ0n) is 12.2. The molecule has 0 unspecified atom stereocenters. The van der Waals surface area contributed by atoms with Crippen molar-refractivity contribution in [1.82, 2.24) is 4.90 Å². The van der Waals surface area contributed by atoms with E-state index in [9.17, 15) is 19.5 Å². The number of nitrogens with zero attached hydrogens (tertiary/aromatic N) is 1. The van der Waals surface area contributed by atoms with Gasteiger partial charge in [0.25, 0.3) is 0 Å². The Morgan fingerprint density at radius 2 is 1.81 bits per heavy atom.